The minimum absolute atomic E-state index is 0.202. The van der Waals surface area contributed by atoms with Crippen LogP contribution in [0, 0.1) is 23.2 Å². The number of amides is 1. The summed E-state index contributed by atoms with van der Waals surface area (Å²) in [7, 11) is 0. The van der Waals surface area contributed by atoms with E-state index in [0.29, 0.717) is 17.9 Å². The Kier molecular flexibility index (Phi) is 6.31. The molecule has 1 aliphatic rings. The second-order valence-electron chi connectivity index (χ2n) is 7.28. The van der Waals surface area contributed by atoms with Crippen molar-refractivity contribution in [3.63, 3.8) is 0 Å². The molecule has 1 unspecified atom stereocenters. The third kappa shape index (κ3) is 5.52. The van der Waals surface area contributed by atoms with Gasteiger partial charge in [-0.3, -0.25) is 4.79 Å². The fourth-order valence-corrected chi connectivity index (χ4v) is 2.96. The van der Waals surface area contributed by atoms with E-state index >= 15 is 0 Å². The monoisotopic (exact) mass is 269 g/mol. The van der Waals surface area contributed by atoms with E-state index in [-0.39, 0.29) is 18.4 Å². The molecule has 0 spiro atoms. The molecule has 1 amide bonds. The highest BCUT2D eigenvalue weighted by Gasteiger charge is 2.32. The van der Waals surface area contributed by atoms with Gasteiger partial charge in [-0.25, -0.2) is 0 Å². The zero-order valence-corrected chi connectivity index (χ0v) is 13.0. The van der Waals surface area contributed by atoms with Crippen LogP contribution in [0.25, 0.3) is 0 Å². The molecule has 0 heterocycles. The molecule has 1 saturated carbocycles. The number of aliphatic hydroxyl groups is 1. The summed E-state index contributed by atoms with van der Waals surface area (Å²) in [6, 6.07) is 0. The highest BCUT2D eigenvalue weighted by atomic mass is 16.3. The Morgan fingerprint density at radius 3 is 2.32 bits per heavy atom. The van der Waals surface area contributed by atoms with Gasteiger partial charge in [0, 0.05) is 19.1 Å². The quantitative estimate of drug-likeness (QED) is 0.806. The molecule has 2 N–H and O–H groups in total. The number of rotatable bonds is 5. The summed E-state index contributed by atoms with van der Waals surface area (Å²) in [6.45, 7) is 9.86. The lowest BCUT2D eigenvalue weighted by atomic mass is 9.69. The molecule has 19 heavy (non-hydrogen) atoms. The summed E-state index contributed by atoms with van der Waals surface area (Å²) < 4.78 is 0. The maximum atomic E-state index is 12.1. The summed E-state index contributed by atoms with van der Waals surface area (Å²) in [4.78, 5) is 12.1. The van der Waals surface area contributed by atoms with E-state index in [1.807, 2.05) is 0 Å². The lowest BCUT2D eigenvalue weighted by Crippen LogP contribution is -2.37. The first-order valence-electron chi connectivity index (χ1n) is 7.73. The molecule has 0 bridgehead atoms. The minimum Gasteiger partial charge on any atom is -0.396 e. The average Bonchev–Trinajstić information content (AvgIpc) is 2.35. The van der Waals surface area contributed by atoms with Gasteiger partial charge >= 0.3 is 0 Å². The Balaban J connectivity index is 2.29. The van der Waals surface area contributed by atoms with E-state index in [2.05, 4.69) is 33.0 Å². The van der Waals surface area contributed by atoms with Crippen LogP contribution in [0.3, 0.4) is 0 Å². The Labute approximate surface area is 118 Å². The standard InChI is InChI=1S/C16H31NO2/c1-12(9-10-18)11-17-15(19)13-5-7-14(8-6-13)16(2,3)4/h12-14,18H,5-11H2,1-4H3,(H,17,19). The van der Waals surface area contributed by atoms with Crippen molar-refractivity contribution in [2.75, 3.05) is 13.2 Å². The van der Waals surface area contributed by atoms with E-state index in [1.165, 1.54) is 12.8 Å². The van der Waals surface area contributed by atoms with Crippen LogP contribution in [0.1, 0.15) is 59.8 Å². The van der Waals surface area contributed by atoms with Crippen molar-refractivity contribution in [2.45, 2.75) is 59.8 Å². The first kappa shape index (κ1) is 16.5. The van der Waals surface area contributed by atoms with Crippen molar-refractivity contribution in [1.82, 2.24) is 5.32 Å². The molecule has 3 heteroatoms. The maximum absolute atomic E-state index is 12.1. The molecular formula is C16H31NO2. The molecule has 0 aromatic rings. The molecule has 1 fully saturated rings. The number of hydrogen-bond acceptors (Lipinski definition) is 2. The Hall–Kier alpha value is -0.570. The number of aliphatic hydroxyl groups excluding tert-OH is 1. The molecule has 1 atom stereocenters. The molecule has 112 valence electrons. The van der Waals surface area contributed by atoms with E-state index < -0.39 is 0 Å². The van der Waals surface area contributed by atoms with Gasteiger partial charge in [-0.15, -0.1) is 0 Å². The highest BCUT2D eigenvalue weighted by Crippen LogP contribution is 2.39. The fourth-order valence-electron chi connectivity index (χ4n) is 2.96. The summed E-state index contributed by atoms with van der Waals surface area (Å²) >= 11 is 0. The number of carbonyl (C=O) groups is 1. The van der Waals surface area contributed by atoms with Crippen molar-refractivity contribution in [3.05, 3.63) is 0 Å². The fraction of sp³-hybridized carbons (Fsp3) is 0.938. The lowest BCUT2D eigenvalue weighted by molar-refractivity contribution is -0.126. The number of carbonyl (C=O) groups excluding carboxylic acids is 1. The van der Waals surface area contributed by atoms with Crippen LogP contribution in [0.2, 0.25) is 0 Å². The summed E-state index contributed by atoms with van der Waals surface area (Å²) in [5.41, 5.74) is 0.372. The van der Waals surface area contributed by atoms with Gasteiger partial charge < -0.3 is 10.4 Å². The number of hydrogen-bond donors (Lipinski definition) is 2. The molecule has 1 aliphatic carbocycles. The van der Waals surface area contributed by atoms with Crippen molar-refractivity contribution in [3.8, 4) is 0 Å². The lowest BCUT2D eigenvalue weighted by Gasteiger charge is -2.36. The van der Waals surface area contributed by atoms with E-state index in [9.17, 15) is 4.79 Å². The average molecular weight is 269 g/mol. The van der Waals surface area contributed by atoms with Gasteiger partial charge in [-0.2, -0.15) is 0 Å². The van der Waals surface area contributed by atoms with Crippen molar-refractivity contribution < 1.29 is 9.90 Å². The third-order valence-corrected chi connectivity index (χ3v) is 4.57. The van der Waals surface area contributed by atoms with Crippen LogP contribution in [0.5, 0.6) is 0 Å². The Morgan fingerprint density at radius 2 is 1.84 bits per heavy atom. The van der Waals surface area contributed by atoms with Crippen LogP contribution >= 0.6 is 0 Å². The van der Waals surface area contributed by atoms with E-state index in [1.54, 1.807) is 0 Å². The van der Waals surface area contributed by atoms with Crippen LogP contribution in [-0.2, 0) is 4.79 Å². The zero-order valence-electron chi connectivity index (χ0n) is 13.0. The van der Waals surface area contributed by atoms with Gasteiger partial charge in [0.15, 0.2) is 0 Å². The zero-order chi connectivity index (χ0) is 14.5. The van der Waals surface area contributed by atoms with E-state index in [4.69, 9.17) is 5.11 Å². The van der Waals surface area contributed by atoms with Crippen molar-refractivity contribution in [1.29, 1.82) is 0 Å². The van der Waals surface area contributed by atoms with Crippen molar-refractivity contribution >= 4 is 5.91 Å². The van der Waals surface area contributed by atoms with Crippen LogP contribution < -0.4 is 5.32 Å². The summed E-state index contributed by atoms with van der Waals surface area (Å²) in [5.74, 6) is 1.54. The van der Waals surface area contributed by atoms with Gasteiger partial charge in [-0.05, 0) is 49.4 Å². The molecule has 3 nitrogen and oxygen atoms in total. The van der Waals surface area contributed by atoms with Crippen LogP contribution in [0.15, 0.2) is 0 Å². The SMILES string of the molecule is CC(CCO)CNC(=O)C1CCC(C(C)(C)C)CC1. The molecule has 0 radical (unpaired) electrons. The smallest absolute Gasteiger partial charge is 0.223 e. The molecule has 0 aliphatic heterocycles. The summed E-state index contributed by atoms with van der Waals surface area (Å²) in [6.07, 6.45) is 5.17. The normalized spacial score (nSPS) is 25.9. The first-order valence-corrected chi connectivity index (χ1v) is 7.73. The Bertz CT molecular complexity index is 275. The number of nitrogens with one attached hydrogen (secondary N) is 1. The second kappa shape index (κ2) is 7.28. The predicted octanol–water partition coefficient (Wildman–Crippen LogP) is 2.97. The molecular weight excluding hydrogens is 238 g/mol. The summed E-state index contributed by atoms with van der Waals surface area (Å²) in [5, 5.41) is 11.9. The molecule has 1 rings (SSSR count). The molecule has 0 saturated heterocycles. The van der Waals surface area contributed by atoms with Gasteiger partial charge in [0.2, 0.25) is 5.91 Å². The van der Waals surface area contributed by atoms with Gasteiger partial charge in [0.25, 0.3) is 0 Å². The van der Waals surface area contributed by atoms with Gasteiger partial charge in [-0.1, -0.05) is 27.7 Å². The minimum atomic E-state index is 0.202. The first-order chi connectivity index (χ1) is 8.84. The molecule has 0 aromatic heterocycles. The van der Waals surface area contributed by atoms with Crippen LogP contribution in [0.4, 0.5) is 0 Å². The molecule has 0 aromatic carbocycles. The predicted molar refractivity (Wildman–Crippen MR) is 78.8 cm³/mol. The maximum Gasteiger partial charge on any atom is 0.223 e. The van der Waals surface area contributed by atoms with E-state index in [0.717, 1.165) is 25.2 Å². The van der Waals surface area contributed by atoms with Gasteiger partial charge in [0.1, 0.15) is 0 Å². The third-order valence-electron chi connectivity index (χ3n) is 4.57. The van der Waals surface area contributed by atoms with Crippen molar-refractivity contribution in [2.24, 2.45) is 23.2 Å². The second-order valence-corrected chi connectivity index (χ2v) is 7.28. The topological polar surface area (TPSA) is 49.3 Å². The Morgan fingerprint density at radius 1 is 1.26 bits per heavy atom. The van der Waals surface area contributed by atoms with Crippen LogP contribution in [-0.4, -0.2) is 24.2 Å². The van der Waals surface area contributed by atoms with Gasteiger partial charge in [0.05, 0.1) is 0 Å². The largest absolute Gasteiger partial charge is 0.396 e. The highest BCUT2D eigenvalue weighted by molar-refractivity contribution is 5.78.